The third-order valence-electron chi connectivity index (χ3n) is 4.05. The van der Waals surface area contributed by atoms with E-state index in [9.17, 15) is 9.59 Å². The predicted octanol–water partition coefficient (Wildman–Crippen LogP) is 2.96. The zero-order chi connectivity index (χ0) is 17.8. The van der Waals surface area contributed by atoms with E-state index in [1.54, 1.807) is 43.4 Å². The Kier molecular flexibility index (Phi) is 5.24. The van der Waals surface area contributed by atoms with Crippen molar-refractivity contribution in [3.8, 4) is 5.75 Å². The molecule has 0 saturated heterocycles. The smallest absolute Gasteiger partial charge is 0.339 e. The van der Waals surface area contributed by atoms with Gasteiger partial charge in [0.2, 0.25) is 0 Å². The second-order valence-electron chi connectivity index (χ2n) is 5.82. The number of carbonyl (C=O) groups excluding carboxylic acids is 2. The van der Waals surface area contributed by atoms with Crippen LogP contribution in [0.5, 0.6) is 5.75 Å². The van der Waals surface area contributed by atoms with Crippen LogP contribution in [0.4, 0.5) is 0 Å². The molecule has 25 heavy (non-hydrogen) atoms. The van der Waals surface area contributed by atoms with E-state index >= 15 is 0 Å². The summed E-state index contributed by atoms with van der Waals surface area (Å²) in [5.74, 6) is -0.00292. The number of nitrogens with zero attached hydrogens (tertiary/aromatic N) is 1. The molecule has 0 bridgehead atoms. The van der Waals surface area contributed by atoms with E-state index in [2.05, 4.69) is 0 Å². The summed E-state index contributed by atoms with van der Waals surface area (Å²) in [4.78, 5) is 26.1. The van der Waals surface area contributed by atoms with E-state index in [0.717, 1.165) is 5.56 Å². The molecule has 0 N–H and O–H groups in total. The summed E-state index contributed by atoms with van der Waals surface area (Å²) in [5, 5.41) is 0.638. The second-order valence-corrected chi connectivity index (χ2v) is 6.25. The number of likely N-dealkylation sites (N-methyl/N-ethyl adjacent to an activating group) is 1. The van der Waals surface area contributed by atoms with Crippen LogP contribution in [0.3, 0.4) is 0 Å². The molecule has 1 aliphatic heterocycles. The molecular weight excluding hydrogens is 342 g/mol. The van der Waals surface area contributed by atoms with E-state index in [-0.39, 0.29) is 5.91 Å². The molecule has 6 heteroatoms. The monoisotopic (exact) mass is 359 g/mol. The highest BCUT2D eigenvalue weighted by atomic mass is 35.5. The van der Waals surface area contributed by atoms with Crippen LogP contribution in [-0.2, 0) is 16.0 Å². The number of halogens is 1. The van der Waals surface area contributed by atoms with Crippen LogP contribution >= 0.6 is 11.6 Å². The topological polar surface area (TPSA) is 55.8 Å². The lowest BCUT2D eigenvalue weighted by molar-refractivity contribution is -0.140. The van der Waals surface area contributed by atoms with Crippen molar-refractivity contribution in [3.63, 3.8) is 0 Å². The number of ether oxygens (including phenoxy) is 2. The van der Waals surface area contributed by atoms with Gasteiger partial charge in [-0.2, -0.15) is 0 Å². The average molecular weight is 360 g/mol. The zero-order valence-electron chi connectivity index (χ0n) is 13.8. The molecule has 1 atom stereocenters. The van der Waals surface area contributed by atoms with Gasteiger partial charge < -0.3 is 14.4 Å². The van der Waals surface area contributed by atoms with Gasteiger partial charge in [-0.3, -0.25) is 4.79 Å². The molecule has 3 rings (SSSR count). The molecule has 0 fully saturated rings. The lowest BCUT2D eigenvalue weighted by Gasteiger charge is -2.27. The molecular formula is C19H18ClNO4. The summed E-state index contributed by atoms with van der Waals surface area (Å²) in [6.45, 7) is 0.721. The number of benzene rings is 2. The summed E-state index contributed by atoms with van der Waals surface area (Å²) >= 11 is 5.82. The fraction of sp³-hybridized carbons (Fsp3) is 0.263. The van der Waals surface area contributed by atoms with Crippen LogP contribution in [0.15, 0.2) is 48.5 Å². The van der Waals surface area contributed by atoms with Gasteiger partial charge in [0.15, 0.2) is 6.10 Å². The quantitative estimate of drug-likeness (QED) is 0.770. The number of fused-ring (bicyclic) bond motifs is 1. The van der Waals surface area contributed by atoms with Crippen molar-refractivity contribution in [3.05, 3.63) is 64.7 Å². The average Bonchev–Trinajstić information content (AvgIpc) is 2.62. The highest BCUT2D eigenvalue weighted by Crippen LogP contribution is 2.21. The maximum absolute atomic E-state index is 12.5. The van der Waals surface area contributed by atoms with Gasteiger partial charge in [0.05, 0.1) is 12.1 Å². The molecule has 130 valence electrons. The largest absolute Gasteiger partial charge is 0.492 e. The Morgan fingerprint density at radius 2 is 1.96 bits per heavy atom. The molecule has 1 heterocycles. The third kappa shape index (κ3) is 4.12. The van der Waals surface area contributed by atoms with Gasteiger partial charge >= 0.3 is 5.97 Å². The van der Waals surface area contributed by atoms with E-state index in [1.807, 2.05) is 12.1 Å². The molecule has 0 aromatic heterocycles. The number of rotatable bonds is 5. The first-order valence-corrected chi connectivity index (χ1v) is 8.34. The van der Waals surface area contributed by atoms with Crippen LogP contribution in [0.25, 0.3) is 0 Å². The lowest BCUT2D eigenvalue weighted by atomic mass is 9.98. The van der Waals surface area contributed by atoms with Crippen LogP contribution in [-0.4, -0.2) is 43.1 Å². The van der Waals surface area contributed by atoms with E-state index < -0.39 is 12.1 Å². The molecule has 2 aromatic rings. The Morgan fingerprint density at radius 3 is 2.72 bits per heavy atom. The first-order valence-electron chi connectivity index (χ1n) is 7.97. The Bertz CT molecular complexity index is 775. The summed E-state index contributed by atoms with van der Waals surface area (Å²) < 4.78 is 10.9. The number of amides is 1. The van der Waals surface area contributed by atoms with Crippen LogP contribution in [0.2, 0.25) is 5.02 Å². The number of carbonyl (C=O) groups is 2. The van der Waals surface area contributed by atoms with Gasteiger partial charge in [-0.05, 0) is 35.9 Å². The third-order valence-corrected chi connectivity index (χ3v) is 4.30. The van der Waals surface area contributed by atoms with Crippen molar-refractivity contribution >= 4 is 23.5 Å². The van der Waals surface area contributed by atoms with Gasteiger partial charge in [0.25, 0.3) is 5.91 Å². The number of cyclic esters (lactones) is 1. The van der Waals surface area contributed by atoms with E-state index in [1.165, 1.54) is 4.90 Å². The second kappa shape index (κ2) is 7.57. The fourth-order valence-corrected chi connectivity index (χ4v) is 2.78. The summed E-state index contributed by atoms with van der Waals surface area (Å²) in [7, 11) is 1.67. The van der Waals surface area contributed by atoms with Gasteiger partial charge in [0.1, 0.15) is 12.4 Å². The Balaban J connectivity index is 1.54. The maximum atomic E-state index is 12.5. The zero-order valence-corrected chi connectivity index (χ0v) is 14.5. The van der Waals surface area contributed by atoms with Crippen LogP contribution < -0.4 is 4.74 Å². The Labute approximate surface area is 151 Å². The lowest BCUT2D eigenvalue weighted by Crippen LogP contribution is -2.44. The first kappa shape index (κ1) is 17.3. The van der Waals surface area contributed by atoms with Crippen molar-refractivity contribution in [2.45, 2.75) is 12.5 Å². The van der Waals surface area contributed by atoms with E-state index in [0.29, 0.717) is 35.9 Å². The predicted molar refractivity (Wildman–Crippen MR) is 93.9 cm³/mol. The maximum Gasteiger partial charge on any atom is 0.339 e. The number of esters is 1. The molecule has 0 radical (unpaired) electrons. The van der Waals surface area contributed by atoms with Crippen molar-refractivity contribution in [1.29, 1.82) is 0 Å². The first-order chi connectivity index (χ1) is 12.0. The van der Waals surface area contributed by atoms with Crippen molar-refractivity contribution in [1.82, 2.24) is 4.90 Å². The van der Waals surface area contributed by atoms with Gasteiger partial charge in [-0.15, -0.1) is 0 Å². The normalized spacial score (nSPS) is 15.9. The molecule has 0 saturated carbocycles. The Hall–Kier alpha value is -2.53. The molecule has 1 amide bonds. The minimum absolute atomic E-state index is 0.234. The molecule has 0 aliphatic carbocycles. The number of hydrogen-bond acceptors (Lipinski definition) is 4. The highest BCUT2D eigenvalue weighted by Gasteiger charge is 2.32. The van der Waals surface area contributed by atoms with Crippen LogP contribution in [0, 0.1) is 0 Å². The van der Waals surface area contributed by atoms with Crippen molar-refractivity contribution in [2.24, 2.45) is 0 Å². The van der Waals surface area contributed by atoms with Crippen molar-refractivity contribution < 1.29 is 19.1 Å². The molecule has 0 unspecified atom stereocenters. The Morgan fingerprint density at radius 1 is 1.24 bits per heavy atom. The SMILES string of the molecule is CN(CCOc1ccc(Cl)cc1)C(=O)[C@H]1Cc2ccccc2C(=O)O1. The molecule has 2 aromatic carbocycles. The summed E-state index contributed by atoms with van der Waals surface area (Å²) in [6.07, 6.45) is -0.397. The minimum Gasteiger partial charge on any atom is -0.492 e. The highest BCUT2D eigenvalue weighted by molar-refractivity contribution is 6.30. The minimum atomic E-state index is -0.789. The fourth-order valence-electron chi connectivity index (χ4n) is 2.66. The standard InChI is InChI=1S/C19H18ClNO4/c1-21(10-11-24-15-8-6-14(20)7-9-15)18(22)17-12-13-4-2-3-5-16(13)19(23)25-17/h2-9,17H,10-12H2,1H3/t17-/m1/s1. The van der Waals surface area contributed by atoms with Gasteiger partial charge in [-0.1, -0.05) is 29.8 Å². The van der Waals surface area contributed by atoms with Crippen molar-refractivity contribution in [2.75, 3.05) is 20.2 Å². The van der Waals surface area contributed by atoms with E-state index in [4.69, 9.17) is 21.1 Å². The summed E-state index contributed by atoms with van der Waals surface area (Å²) in [6, 6.07) is 14.2. The summed E-state index contributed by atoms with van der Waals surface area (Å²) in [5.41, 5.74) is 1.36. The molecule has 5 nitrogen and oxygen atoms in total. The number of hydrogen-bond donors (Lipinski definition) is 0. The van der Waals surface area contributed by atoms with Crippen LogP contribution in [0.1, 0.15) is 15.9 Å². The van der Waals surface area contributed by atoms with Gasteiger partial charge in [-0.25, -0.2) is 4.79 Å². The molecule has 0 spiro atoms. The van der Waals surface area contributed by atoms with Gasteiger partial charge in [0, 0.05) is 18.5 Å². The molecule has 1 aliphatic rings.